The van der Waals surface area contributed by atoms with E-state index in [1.165, 1.54) is 25.8 Å². The largest absolute Gasteiger partial charge is 0.493 e. The van der Waals surface area contributed by atoms with Gasteiger partial charge in [0.1, 0.15) is 11.3 Å². The third-order valence-electron chi connectivity index (χ3n) is 4.18. The number of ether oxygens (including phenoxy) is 1. The Hall–Kier alpha value is -1.55. The molecule has 0 saturated heterocycles. The summed E-state index contributed by atoms with van der Waals surface area (Å²) in [4.78, 5) is 13.6. The van der Waals surface area contributed by atoms with Crippen molar-refractivity contribution >= 4 is 5.97 Å². The van der Waals surface area contributed by atoms with Gasteiger partial charge in [-0.2, -0.15) is 0 Å². The van der Waals surface area contributed by atoms with Crippen LogP contribution in [0, 0.1) is 5.92 Å². The van der Waals surface area contributed by atoms with Crippen LogP contribution < -0.4 is 4.74 Å². The van der Waals surface area contributed by atoms with E-state index in [1.807, 2.05) is 0 Å². The number of carboxylic acids is 1. The van der Waals surface area contributed by atoms with Crippen LogP contribution in [0.5, 0.6) is 5.75 Å². The smallest absolute Gasteiger partial charge is 0.339 e. The quantitative estimate of drug-likeness (QED) is 0.709. The molecule has 0 unspecified atom stereocenters. The molecule has 1 saturated carbocycles. The molecule has 1 N–H and O–H groups in total. The summed E-state index contributed by atoms with van der Waals surface area (Å²) in [6, 6.07) is 6.81. The van der Waals surface area contributed by atoms with E-state index < -0.39 is 5.97 Å². The summed E-state index contributed by atoms with van der Waals surface area (Å²) in [6.45, 7) is 6.04. The third-order valence-corrected chi connectivity index (χ3v) is 4.18. The Balaban J connectivity index is 1.72. The highest BCUT2D eigenvalue weighted by Gasteiger charge is 2.19. The first-order valence-electron chi connectivity index (χ1n) is 7.88. The first-order chi connectivity index (χ1) is 10.2. The van der Waals surface area contributed by atoms with Gasteiger partial charge in [0.25, 0.3) is 0 Å². The van der Waals surface area contributed by atoms with Crippen LogP contribution in [0.4, 0.5) is 0 Å². The second-order valence-corrected chi connectivity index (χ2v) is 5.69. The van der Waals surface area contributed by atoms with E-state index >= 15 is 0 Å². The first kappa shape index (κ1) is 15.8. The van der Waals surface area contributed by atoms with Crippen LogP contribution in [0.1, 0.15) is 43.0 Å². The van der Waals surface area contributed by atoms with Gasteiger partial charge in [-0.3, -0.25) is 0 Å². The van der Waals surface area contributed by atoms with Crippen molar-refractivity contribution in [2.24, 2.45) is 5.92 Å². The predicted octanol–water partition coefficient (Wildman–Crippen LogP) is 3.28. The summed E-state index contributed by atoms with van der Waals surface area (Å²) in [5.74, 6) is 0.413. The monoisotopic (exact) mass is 291 g/mol. The van der Waals surface area contributed by atoms with Crippen molar-refractivity contribution in [3.8, 4) is 5.75 Å². The molecule has 1 aliphatic carbocycles. The summed E-state index contributed by atoms with van der Waals surface area (Å²) < 4.78 is 5.63. The minimum atomic E-state index is -0.939. The Morgan fingerprint density at radius 3 is 2.76 bits per heavy atom. The van der Waals surface area contributed by atoms with Gasteiger partial charge < -0.3 is 14.7 Å². The van der Waals surface area contributed by atoms with Gasteiger partial charge >= 0.3 is 5.97 Å². The maximum Gasteiger partial charge on any atom is 0.339 e. The molecule has 116 valence electrons. The van der Waals surface area contributed by atoms with Crippen LogP contribution >= 0.6 is 0 Å². The molecule has 0 aliphatic heterocycles. The topological polar surface area (TPSA) is 49.8 Å². The molecule has 1 aliphatic rings. The molecule has 1 fully saturated rings. The molecule has 2 rings (SSSR count). The number of carbonyl (C=O) groups is 1. The molecular weight excluding hydrogens is 266 g/mol. The summed E-state index contributed by atoms with van der Waals surface area (Å²) in [6.07, 6.45) is 5.06. The molecule has 0 heterocycles. The van der Waals surface area contributed by atoms with Gasteiger partial charge in [-0.15, -0.1) is 0 Å². The molecule has 0 aromatic heterocycles. The van der Waals surface area contributed by atoms with E-state index in [0.29, 0.717) is 12.4 Å². The van der Waals surface area contributed by atoms with Crippen molar-refractivity contribution in [1.29, 1.82) is 0 Å². The molecule has 4 nitrogen and oxygen atoms in total. The zero-order chi connectivity index (χ0) is 15.1. The second kappa shape index (κ2) is 8.03. The van der Waals surface area contributed by atoms with E-state index in [2.05, 4.69) is 11.8 Å². The van der Waals surface area contributed by atoms with E-state index in [9.17, 15) is 4.79 Å². The van der Waals surface area contributed by atoms with Crippen LogP contribution in [0.3, 0.4) is 0 Å². The lowest BCUT2D eigenvalue weighted by atomic mass is 9.85. The van der Waals surface area contributed by atoms with E-state index in [-0.39, 0.29) is 5.56 Å². The van der Waals surface area contributed by atoms with Gasteiger partial charge in [0.05, 0.1) is 6.61 Å². The van der Waals surface area contributed by atoms with Gasteiger partial charge in [-0.05, 0) is 43.9 Å². The molecule has 1 aromatic rings. The fourth-order valence-corrected chi connectivity index (χ4v) is 2.66. The lowest BCUT2D eigenvalue weighted by Crippen LogP contribution is -2.33. The van der Waals surface area contributed by atoms with Gasteiger partial charge in [-0.25, -0.2) is 4.79 Å². The standard InChI is InChI=1S/C17H25NO3/c1-2-18(13-14-7-5-8-14)11-6-12-21-16-10-4-3-9-15(16)17(19)20/h3-4,9-10,14H,2,5-8,11-13H2,1H3,(H,19,20). The third kappa shape index (κ3) is 4.74. The van der Waals surface area contributed by atoms with Crippen molar-refractivity contribution in [1.82, 2.24) is 4.90 Å². The maximum absolute atomic E-state index is 11.1. The van der Waals surface area contributed by atoms with Gasteiger partial charge in [0, 0.05) is 13.1 Å². The molecule has 1 aromatic carbocycles. The number of hydrogen-bond acceptors (Lipinski definition) is 3. The number of nitrogens with zero attached hydrogens (tertiary/aromatic N) is 1. The molecule has 21 heavy (non-hydrogen) atoms. The van der Waals surface area contributed by atoms with Crippen molar-refractivity contribution in [3.05, 3.63) is 29.8 Å². The Morgan fingerprint density at radius 2 is 2.14 bits per heavy atom. The Labute approximate surface area is 126 Å². The number of para-hydroxylation sites is 1. The van der Waals surface area contributed by atoms with Gasteiger partial charge in [0.15, 0.2) is 0 Å². The normalized spacial score (nSPS) is 15.0. The van der Waals surface area contributed by atoms with Crippen LogP contribution in [0.2, 0.25) is 0 Å². The minimum absolute atomic E-state index is 0.235. The summed E-state index contributed by atoms with van der Waals surface area (Å²) in [5.41, 5.74) is 0.235. The molecule has 0 radical (unpaired) electrons. The van der Waals surface area contributed by atoms with Crippen molar-refractivity contribution in [3.63, 3.8) is 0 Å². The van der Waals surface area contributed by atoms with E-state index in [4.69, 9.17) is 9.84 Å². The highest BCUT2D eigenvalue weighted by Crippen LogP contribution is 2.27. The number of rotatable bonds is 9. The van der Waals surface area contributed by atoms with Crippen LogP contribution in [0.25, 0.3) is 0 Å². The second-order valence-electron chi connectivity index (χ2n) is 5.69. The number of aromatic carboxylic acids is 1. The van der Waals surface area contributed by atoms with Crippen molar-refractivity contribution in [2.45, 2.75) is 32.6 Å². The van der Waals surface area contributed by atoms with E-state index in [1.54, 1.807) is 24.3 Å². The lowest BCUT2D eigenvalue weighted by Gasteiger charge is -2.31. The van der Waals surface area contributed by atoms with Crippen LogP contribution in [-0.2, 0) is 0 Å². The Morgan fingerprint density at radius 1 is 1.38 bits per heavy atom. The molecule has 0 spiro atoms. The molecule has 0 amide bonds. The highest BCUT2D eigenvalue weighted by molar-refractivity contribution is 5.90. The molecule has 0 bridgehead atoms. The minimum Gasteiger partial charge on any atom is -0.493 e. The van der Waals surface area contributed by atoms with Crippen LogP contribution in [-0.4, -0.2) is 42.2 Å². The molecular formula is C17H25NO3. The number of benzene rings is 1. The van der Waals surface area contributed by atoms with Crippen molar-refractivity contribution in [2.75, 3.05) is 26.2 Å². The van der Waals surface area contributed by atoms with Crippen molar-refractivity contribution < 1.29 is 14.6 Å². The van der Waals surface area contributed by atoms with Gasteiger partial charge in [0.2, 0.25) is 0 Å². The predicted molar refractivity (Wildman–Crippen MR) is 83.0 cm³/mol. The molecule has 4 heteroatoms. The van der Waals surface area contributed by atoms with Crippen LogP contribution in [0.15, 0.2) is 24.3 Å². The average molecular weight is 291 g/mol. The number of carboxylic acid groups (broad SMARTS) is 1. The summed E-state index contributed by atoms with van der Waals surface area (Å²) in [7, 11) is 0. The fourth-order valence-electron chi connectivity index (χ4n) is 2.66. The Kier molecular flexibility index (Phi) is 6.05. The lowest BCUT2D eigenvalue weighted by molar-refractivity contribution is 0.0692. The fraction of sp³-hybridized carbons (Fsp3) is 0.588. The highest BCUT2D eigenvalue weighted by atomic mass is 16.5. The summed E-state index contributed by atoms with van der Waals surface area (Å²) in [5, 5.41) is 9.09. The zero-order valence-corrected chi connectivity index (χ0v) is 12.8. The first-order valence-corrected chi connectivity index (χ1v) is 7.88. The Bertz CT molecular complexity index is 457. The SMILES string of the molecule is CCN(CCCOc1ccccc1C(=O)O)CC1CCC1. The summed E-state index contributed by atoms with van der Waals surface area (Å²) >= 11 is 0. The zero-order valence-electron chi connectivity index (χ0n) is 12.8. The maximum atomic E-state index is 11.1. The number of hydrogen-bond donors (Lipinski definition) is 1. The van der Waals surface area contributed by atoms with E-state index in [0.717, 1.165) is 25.4 Å². The average Bonchev–Trinajstić information content (AvgIpc) is 2.45. The van der Waals surface area contributed by atoms with Gasteiger partial charge in [-0.1, -0.05) is 25.5 Å². The molecule has 0 atom stereocenters.